The molecule has 0 radical (unpaired) electrons. The first-order chi connectivity index (χ1) is 18.1. The first kappa shape index (κ1) is 24.0. The third-order valence-electron chi connectivity index (χ3n) is 6.19. The second-order valence-corrected chi connectivity index (χ2v) is 8.85. The van der Waals surface area contributed by atoms with Gasteiger partial charge in [0.15, 0.2) is 0 Å². The minimum Gasteiger partial charge on any atom is -0.467 e. The average Bonchev–Trinajstić information content (AvgIpc) is 3.59. The molecule has 37 heavy (non-hydrogen) atoms. The Kier molecular flexibility index (Phi) is 7.07. The Bertz CT molecular complexity index is 1480. The predicted octanol–water partition coefficient (Wildman–Crippen LogP) is 4.42. The summed E-state index contributed by atoms with van der Waals surface area (Å²) in [5.74, 6) is 0.0808. The summed E-state index contributed by atoms with van der Waals surface area (Å²) in [6.45, 7) is 2.40. The van der Waals surface area contributed by atoms with Crippen LogP contribution in [0, 0.1) is 6.92 Å². The SMILES string of the molecule is Cc1ccc(C(C(=O)NCc2ccco2)N(Cc2ccccc2)C(=O)Cn2nnc3ccccc32)cc1. The molecule has 3 aromatic carbocycles. The molecule has 5 rings (SSSR count). The van der Waals surface area contributed by atoms with E-state index >= 15 is 0 Å². The van der Waals surface area contributed by atoms with E-state index in [1.807, 2.05) is 85.8 Å². The number of carbonyl (C=O) groups excluding carboxylic acids is 2. The van der Waals surface area contributed by atoms with Crippen molar-refractivity contribution in [3.63, 3.8) is 0 Å². The van der Waals surface area contributed by atoms with Crippen molar-refractivity contribution in [1.82, 2.24) is 25.2 Å². The highest BCUT2D eigenvalue weighted by molar-refractivity contribution is 5.89. The Morgan fingerprint density at radius 3 is 2.46 bits per heavy atom. The van der Waals surface area contributed by atoms with Gasteiger partial charge in [-0.25, -0.2) is 4.68 Å². The lowest BCUT2D eigenvalue weighted by molar-refractivity contribution is -0.142. The van der Waals surface area contributed by atoms with Crippen molar-refractivity contribution in [2.75, 3.05) is 0 Å². The molecule has 1 unspecified atom stereocenters. The number of aryl methyl sites for hydroxylation is 1. The molecule has 0 saturated heterocycles. The summed E-state index contributed by atoms with van der Waals surface area (Å²) in [5.41, 5.74) is 4.15. The number of furan rings is 1. The number of amides is 2. The van der Waals surface area contributed by atoms with E-state index in [0.717, 1.165) is 22.2 Å². The first-order valence-corrected chi connectivity index (χ1v) is 12.1. The van der Waals surface area contributed by atoms with Gasteiger partial charge in [0.1, 0.15) is 23.9 Å². The standard InChI is InChI=1S/C29H27N5O3/c1-21-13-15-23(16-14-21)28(29(36)30-18-24-10-7-17-37-24)33(19-22-8-3-2-4-9-22)27(35)20-34-26-12-6-5-11-25(26)31-32-34/h2-17,28H,18-20H2,1H3,(H,30,36). The Morgan fingerprint density at radius 2 is 1.70 bits per heavy atom. The number of nitrogens with zero attached hydrogens (tertiary/aromatic N) is 4. The van der Waals surface area contributed by atoms with Crippen LogP contribution >= 0.6 is 0 Å². The van der Waals surface area contributed by atoms with Gasteiger partial charge in [-0.1, -0.05) is 77.5 Å². The van der Waals surface area contributed by atoms with Gasteiger partial charge in [0.05, 0.1) is 18.3 Å². The number of aromatic nitrogens is 3. The summed E-state index contributed by atoms with van der Waals surface area (Å²) in [6, 6.07) is 27.5. The molecule has 186 valence electrons. The van der Waals surface area contributed by atoms with Crippen LogP contribution in [0.3, 0.4) is 0 Å². The molecule has 0 aliphatic carbocycles. The number of hydrogen-bond acceptors (Lipinski definition) is 5. The third kappa shape index (κ3) is 5.59. The van der Waals surface area contributed by atoms with Crippen molar-refractivity contribution in [1.29, 1.82) is 0 Å². The van der Waals surface area contributed by atoms with Gasteiger partial charge in [-0.2, -0.15) is 0 Å². The monoisotopic (exact) mass is 493 g/mol. The van der Waals surface area contributed by atoms with Crippen LogP contribution in [0.25, 0.3) is 11.0 Å². The summed E-state index contributed by atoms with van der Waals surface area (Å²) in [4.78, 5) is 29.2. The van der Waals surface area contributed by atoms with Gasteiger partial charge >= 0.3 is 0 Å². The summed E-state index contributed by atoms with van der Waals surface area (Å²) < 4.78 is 6.96. The Labute approximate surface area is 214 Å². The molecule has 5 aromatic rings. The number of benzene rings is 3. The van der Waals surface area contributed by atoms with Crippen LogP contribution < -0.4 is 5.32 Å². The highest BCUT2D eigenvalue weighted by Crippen LogP contribution is 2.25. The zero-order valence-corrected chi connectivity index (χ0v) is 20.4. The van der Waals surface area contributed by atoms with Crippen molar-refractivity contribution in [2.45, 2.75) is 32.6 Å². The average molecular weight is 494 g/mol. The van der Waals surface area contributed by atoms with Gasteiger partial charge in [-0.15, -0.1) is 5.10 Å². The van der Waals surface area contributed by atoms with E-state index in [2.05, 4.69) is 15.6 Å². The van der Waals surface area contributed by atoms with Crippen molar-refractivity contribution in [3.05, 3.63) is 120 Å². The molecule has 0 aliphatic rings. The maximum atomic E-state index is 13.9. The van der Waals surface area contributed by atoms with E-state index in [1.165, 1.54) is 0 Å². The van der Waals surface area contributed by atoms with Crippen LogP contribution in [0.2, 0.25) is 0 Å². The molecule has 2 heterocycles. The van der Waals surface area contributed by atoms with E-state index in [4.69, 9.17) is 4.42 Å². The maximum absolute atomic E-state index is 13.9. The zero-order valence-electron chi connectivity index (χ0n) is 20.4. The topological polar surface area (TPSA) is 93.3 Å². The molecular formula is C29H27N5O3. The molecule has 0 spiro atoms. The lowest BCUT2D eigenvalue weighted by Gasteiger charge is -2.31. The molecule has 0 fully saturated rings. The molecule has 8 nitrogen and oxygen atoms in total. The van der Waals surface area contributed by atoms with E-state index in [-0.39, 0.29) is 31.4 Å². The van der Waals surface area contributed by atoms with Crippen LogP contribution in [0.1, 0.15) is 28.5 Å². The number of hydrogen-bond donors (Lipinski definition) is 1. The van der Waals surface area contributed by atoms with Gasteiger partial charge in [0.25, 0.3) is 0 Å². The molecule has 0 bridgehead atoms. The van der Waals surface area contributed by atoms with Crippen LogP contribution in [-0.2, 0) is 29.2 Å². The molecule has 2 aromatic heterocycles. The van der Waals surface area contributed by atoms with Crippen LogP contribution in [0.5, 0.6) is 0 Å². The normalized spacial score (nSPS) is 11.8. The third-order valence-corrected chi connectivity index (χ3v) is 6.19. The number of fused-ring (bicyclic) bond motifs is 1. The van der Waals surface area contributed by atoms with Gasteiger partial charge < -0.3 is 14.6 Å². The largest absolute Gasteiger partial charge is 0.467 e. The summed E-state index contributed by atoms with van der Waals surface area (Å²) in [7, 11) is 0. The van der Waals surface area contributed by atoms with Crippen LogP contribution in [-0.4, -0.2) is 31.7 Å². The smallest absolute Gasteiger partial charge is 0.247 e. The van der Waals surface area contributed by atoms with Gasteiger partial charge in [-0.05, 0) is 42.3 Å². The molecular weight excluding hydrogens is 466 g/mol. The molecule has 0 saturated carbocycles. The summed E-state index contributed by atoms with van der Waals surface area (Å²) >= 11 is 0. The predicted molar refractivity (Wildman–Crippen MR) is 139 cm³/mol. The number of rotatable bonds is 9. The minimum absolute atomic E-state index is 0.0544. The second kappa shape index (κ2) is 10.9. The van der Waals surface area contributed by atoms with E-state index in [9.17, 15) is 9.59 Å². The fourth-order valence-corrected chi connectivity index (χ4v) is 4.26. The summed E-state index contributed by atoms with van der Waals surface area (Å²) in [5, 5.41) is 11.3. The Balaban J connectivity index is 1.50. The number of para-hydroxylation sites is 1. The fraction of sp³-hybridized carbons (Fsp3) is 0.172. The van der Waals surface area contributed by atoms with Gasteiger partial charge in [-0.3, -0.25) is 9.59 Å². The highest BCUT2D eigenvalue weighted by atomic mass is 16.3. The highest BCUT2D eigenvalue weighted by Gasteiger charge is 2.32. The fourth-order valence-electron chi connectivity index (χ4n) is 4.26. The van der Waals surface area contributed by atoms with Crippen molar-refractivity contribution in [2.24, 2.45) is 0 Å². The lowest BCUT2D eigenvalue weighted by Crippen LogP contribution is -2.44. The Morgan fingerprint density at radius 1 is 0.946 bits per heavy atom. The number of carbonyl (C=O) groups is 2. The second-order valence-electron chi connectivity index (χ2n) is 8.85. The van der Waals surface area contributed by atoms with Gasteiger partial charge in [0, 0.05) is 6.54 Å². The van der Waals surface area contributed by atoms with Crippen molar-refractivity contribution < 1.29 is 14.0 Å². The quantitative estimate of drug-likeness (QED) is 0.328. The van der Waals surface area contributed by atoms with E-state index in [0.29, 0.717) is 11.3 Å². The summed E-state index contributed by atoms with van der Waals surface area (Å²) in [6.07, 6.45) is 1.56. The van der Waals surface area contributed by atoms with Gasteiger partial charge in [0.2, 0.25) is 11.8 Å². The van der Waals surface area contributed by atoms with Crippen LogP contribution in [0.4, 0.5) is 0 Å². The first-order valence-electron chi connectivity index (χ1n) is 12.1. The molecule has 1 N–H and O–H groups in total. The zero-order chi connectivity index (χ0) is 25.6. The Hall–Kier alpha value is -4.72. The van der Waals surface area contributed by atoms with E-state index in [1.54, 1.807) is 28.0 Å². The van der Waals surface area contributed by atoms with Crippen LogP contribution in [0.15, 0.2) is 102 Å². The number of nitrogens with one attached hydrogen (secondary N) is 1. The van der Waals surface area contributed by atoms with Crippen molar-refractivity contribution >= 4 is 22.8 Å². The maximum Gasteiger partial charge on any atom is 0.247 e. The van der Waals surface area contributed by atoms with E-state index < -0.39 is 6.04 Å². The minimum atomic E-state index is -0.863. The molecule has 2 amide bonds. The molecule has 8 heteroatoms. The lowest BCUT2D eigenvalue weighted by atomic mass is 10.0. The molecule has 0 aliphatic heterocycles. The molecule has 1 atom stereocenters. The van der Waals surface area contributed by atoms with Crippen molar-refractivity contribution in [3.8, 4) is 0 Å².